The largest absolute Gasteiger partial charge is 0.480 e. The van der Waals surface area contributed by atoms with Gasteiger partial charge < -0.3 is 15.3 Å². The summed E-state index contributed by atoms with van der Waals surface area (Å²) in [5.74, 6) is -0.947. The fourth-order valence-electron chi connectivity index (χ4n) is 1.92. The van der Waals surface area contributed by atoms with Crippen molar-refractivity contribution >= 4 is 12.0 Å². The van der Waals surface area contributed by atoms with Crippen molar-refractivity contribution in [2.24, 2.45) is 0 Å². The Morgan fingerprint density at radius 1 is 1.00 bits per heavy atom. The number of amides is 2. The number of unbranched alkanes of at least 4 members (excludes halogenated alkanes) is 3. The van der Waals surface area contributed by atoms with E-state index < -0.39 is 12.0 Å². The molecule has 0 fully saturated rings. The van der Waals surface area contributed by atoms with E-state index in [1.54, 1.807) is 4.90 Å². The molecule has 2 N–H and O–H groups in total. The van der Waals surface area contributed by atoms with Crippen molar-refractivity contribution in [1.82, 2.24) is 10.2 Å². The van der Waals surface area contributed by atoms with Gasteiger partial charge >= 0.3 is 12.0 Å². The van der Waals surface area contributed by atoms with Crippen LogP contribution >= 0.6 is 0 Å². The topological polar surface area (TPSA) is 69.6 Å². The molecule has 2 amide bonds. The molecule has 0 aliphatic heterocycles. The van der Waals surface area contributed by atoms with Crippen LogP contribution in [0.3, 0.4) is 0 Å². The predicted octanol–water partition coefficient (Wildman–Crippen LogP) is 3.24. The van der Waals surface area contributed by atoms with Crippen molar-refractivity contribution in [1.29, 1.82) is 0 Å². The lowest BCUT2D eigenvalue weighted by Gasteiger charge is -2.25. The van der Waals surface area contributed by atoms with Gasteiger partial charge in [-0.2, -0.15) is 0 Å². The van der Waals surface area contributed by atoms with Crippen LogP contribution in [0.15, 0.2) is 0 Å². The number of hydrogen-bond donors (Lipinski definition) is 2. The minimum atomic E-state index is -0.947. The fraction of sp³-hybridized carbons (Fsp3) is 0.867. The Balaban J connectivity index is 4.47. The zero-order valence-corrected chi connectivity index (χ0v) is 13.2. The molecule has 0 heterocycles. The number of rotatable bonds is 11. The standard InChI is InChI=1S/C15H30N2O3/c1-4-7-10-13(14(18)19)16-15(20)17(11-8-5-2)12-9-6-3/h13H,4-12H2,1-3H3,(H,16,20)(H,18,19). The first-order valence-corrected chi connectivity index (χ1v) is 7.84. The summed E-state index contributed by atoms with van der Waals surface area (Å²) in [4.78, 5) is 25.1. The predicted molar refractivity (Wildman–Crippen MR) is 80.9 cm³/mol. The highest BCUT2D eigenvalue weighted by Gasteiger charge is 2.22. The van der Waals surface area contributed by atoms with Gasteiger partial charge in [0.05, 0.1) is 0 Å². The number of carbonyl (C=O) groups excluding carboxylic acids is 1. The third-order valence-electron chi connectivity index (χ3n) is 3.29. The van der Waals surface area contributed by atoms with Crippen LogP contribution in [-0.4, -0.2) is 41.1 Å². The van der Waals surface area contributed by atoms with Crippen LogP contribution in [-0.2, 0) is 4.79 Å². The smallest absolute Gasteiger partial charge is 0.326 e. The van der Waals surface area contributed by atoms with Crippen LogP contribution in [0.1, 0.15) is 65.7 Å². The van der Waals surface area contributed by atoms with Gasteiger partial charge in [0.1, 0.15) is 6.04 Å². The molecular weight excluding hydrogens is 256 g/mol. The Morgan fingerprint density at radius 2 is 1.50 bits per heavy atom. The van der Waals surface area contributed by atoms with Gasteiger partial charge in [-0.1, -0.05) is 46.5 Å². The van der Waals surface area contributed by atoms with Gasteiger partial charge in [0.25, 0.3) is 0 Å². The number of nitrogens with one attached hydrogen (secondary N) is 1. The highest BCUT2D eigenvalue weighted by atomic mass is 16.4. The Kier molecular flexibility index (Phi) is 10.8. The maximum Gasteiger partial charge on any atom is 0.326 e. The van der Waals surface area contributed by atoms with Crippen molar-refractivity contribution in [2.75, 3.05) is 13.1 Å². The number of aliphatic carboxylic acids is 1. The Morgan fingerprint density at radius 3 is 1.90 bits per heavy atom. The summed E-state index contributed by atoms with van der Waals surface area (Å²) < 4.78 is 0. The van der Waals surface area contributed by atoms with Crippen LogP contribution in [0.25, 0.3) is 0 Å². The molecule has 0 rings (SSSR count). The normalized spacial score (nSPS) is 11.9. The summed E-state index contributed by atoms with van der Waals surface area (Å²) in [6.45, 7) is 7.56. The SMILES string of the molecule is CCCCC(NC(=O)N(CCCC)CCCC)C(=O)O. The van der Waals surface area contributed by atoms with E-state index in [1.807, 2.05) is 6.92 Å². The van der Waals surface area contributed by atoms with E-state index in [1.165, 1.54) is 0 Å². The minimum Gasteiger partial charge on any atom is -0.480 e. The van der Waals surface area contributed by atoms with Crippen molar-refractivity contribution in [2.45, 2.75) is 71.8 Å². The van der Waals surface area contributed by atoms with Crippen LogP contribution in [0.5, 0.6) is 0 Å². The average molecular weight is 286 g/mol. The Bertz CT molecular complexity index is 274. The second-order valence-corrected chi connectivity index (χ2v) is 5.18. The fourth-order valence-corrected chi connectivity index (χ4v) is 1.92. The minimum absolute atomic E-state index is 0.240. The number of urea groups is 1. The van der Waals surface area contributed by atoms with Gasteiger partial charge in [-0.15, -0.1) is 0 Å². The molecule has 1 atom stereocenters. The molecule has 1 unspecified atom stereocenters. The van der Waals surface area contributed by atoms with Crippen LogP contribution in [0.2, 0.25) is 0 Å². The molecule has 0 bridgehead atoms. The number of carbonyl (C=O) groups is 2. The number of carboxylic acids is 1. The van der Waals surface area contributed by atoms with Crippen LogP contribution in [0, 0.1) is 0 Å². The third-order valence-corrected chi connectivity index (χ3v) is 3.29. The number of carboxylic acid groups (broad SMARTS) is 1. The lowest BCUT2D eigenvalue weighted by Crippen LogP contribution is -2.48. The second kappa shape index (κ2) is 11.6. The van der Waals surface area contributed by atoms with Crippen molar-refractivity contribution in [3.8, 4) is 0 Å². The van der Waals surface area contributed by atoms with E-state index in [0.717, 1.165) is 38.5 Å². The third kappa shape index (κ3) is 8.02. The zero-order chi connectivity index (χ0) is 15.4. The Hall–Kier alpha value is -1.26. The van der Waals surface area contributed by atoms with E-state index in [2.05, 4.69) is 19.2 Å². The quantitative estimate of drug-likeness (QED) is 0.612. The number of nitrogens with zero attached hydrogens (tertiary/aromatic N) is 1. The van der Waals surface area contributed by atoms with E-state index >= 15 is 0 Å². The molecule has 0 spiro atoms. The van der Waals surface area contributed by atoms with E-state index in [-0.39, 0.29) is 6.03 Å². The van der Waals surface area contributed by atoms with Crippen molar-refractivity contribution in [3.05, 3.63) is 0 Å². The van der Waals surface area contributed by atoms with Gasteiger partial charge in [-0.05, 0) is 19.3 Å². The second-order valence-electron chi connectivity index (χ2n) is 5.18. The highest BCUT2D eigenvalue weighted by molar-refractivity contribution is 5.82. The van der Waals surface area contributed by atoms with Gasteiger partial charge in [0.15, 0.2) is 0 Å². The summed E-state index contributed by atoms with van der Waals surface area (Å²) in [5, 5.41) is 11.8. The lowest BCUT2D eigenvalue weighted by atomic mass is 10.1. The first kappa shape index (κ1) is 18.7. The van der Waals surface area contributed by atoms with Crippen molar-refractivity contribution < 1.29 is 14.7 Å². The number of hydrogen-bond acceptors (Lipinski definition) is 2. The zero-order valence-electron chi connectivity index (χ0n) is 13.2. The molecule has 0 saturated heterocycles. The average Bonchev–Trinajstić information content (AvgIpc) is 2.43. The van der Waals surface area contributed by atoms with Gasteiger partial charge in [-0.25, -0.2) is 9.59 Å². The Labute approximate surface area is 122 Å². The molecular formula is C15H30N2O3. The molecule has 5 nitrogen and oxygen atoms in total. The summed E-state index contributed by atoms with van der Waals surface area (Å²) in [6, 6.07) is -1.01. The molecule has 0 aliphatic rings. The molecule has 0 aromatic carbocycles. The maximum atomic E-state index is 12.2. The molecule has 118 valence electrons. The van der Waals surface area contributed by atoms with Gasteiger partial charge in [0.2, 0.25) is 0 Å². The van der Waals surface area contributed by atoms with E-state index in [9.17, 15) is 9.59 Å². The molecule has 0 aromatic heterocycles. The molecule has 0 saturated carbocycles. The lowest BCUT2D eigenvalue weighted by molar-refractivity contribution is -0.139. The summed E-state index contributed by atoms with van der Waals surface area (Å²) >= 11 is 0. The van der Waals surface area contributed by atoms with E-state index in [4.69, 9.17) is 5.11 Å². The molecule has 0 radical (unpaired) electrons. The first-order valence-electron chi connectivity index (χ1n) is 7.84. The molecule has 20 heavy (non-hydrogen) atoms. The van der Waals surface area contributed by atoms with Crippen LogP contribution in [0.4, 0.5) is 4.79 Å². The van der Waals surface area contributed by atoms with Crippen LogP contribution < -0.4 is 5.32 Å². The summed E-state index contributed by atoms with van der Waals surface area (Å²) in [7, 11) is 0. The molecule has 0 aromatic rings. The first-order chi connectivity index (χ1) is 9.56. The summed E-state index contributed by atoms with van der Waals surface area (Å²) in [6.07, 6.45) is 6.17. The van der Waals surface area contributed by atoms with Gasteiger partial charge in [0, 0.05) is 13.1 Å². The molecule has 0 aliphatic carbocycles. The molecule has 5 heteroatoms. The van der Waals surface area contributed by atoms with Crippen molar-refractivity contribution in [3.63, 3.8) is 0 Å². The monoisotopic (exact) mass is 286 g/mol. The summed E-state index contributed by atoms with van der Waals surface area (Å²) in [5.41, 5.74) is 0. The van der Waals surface area contributed by atoms with Gasteiger partial charge in [-0.3, -0.25) is 0 Å². The van der Waals surface area contributed by atoms with E-state index in [0.29, 0.717) is 19.5 Å². The highest BCUT2D eigenvalue weighted by Crippen LogP contribution is 2.04. The maximum absolute atomic E-state index is 12.2.